The largest absolute Gasteiger partial charge is 0.508 e. The van der Waals surface area contributed by atoms with Gasteiger partial charge in [0.25, 0.3) is 0 Å². The monoisotopic (exact) mass is 314 g/mol. The molecule has 5 heteroatoms. The predicted molar refractivity (Wildman–Crippen MR) is 75.5 cm³/mol. The fourth-order valence-corrected chi connectivity index (χ4v) is 1.94. The zero-order valence-corrected chi connectivity index (χ0v) is 12.6. The normalized spacial score (nSPS) is 10.7. The van der Waals surface area contributed by atoms with Crippen LogP contribution in [0.15, 0.2) is 22.7 Å². The van der Waals surface area contributed by atoms with E-state index >= 15 is 0 Å². The van der Waals surface area contributed by atoms with Crippen LogP contribution in [0.4, 0.5) is 0 Å². The zero-order chi connectivity index (χ0) is 13.7. The third kappa shape index (κ3) is 4.31. The molecule has 0 aliphatic carbocycles. The molecule has 1 N–H and O–H groups in total. The Bertz CT molecular complexity index is 421. The Balaban J connectivity index is 2.73. The van der Waals surface area contributed by atoms with E-state index in [0.29, 0.717) is 13.1 Å². The molecular formula is C13H19BrN2O2. The fourth-order valence-electron chi connectivity index (χ4n) is 1.53. The average molecular weight is 315 g/mol. The molecule has 0 aliphatic heterocycles. The average Bonchev–Trinajstić information content (AvgIpc) is 2.32. The van der Waals surface area contributed by atoms with Crippen LogP contribution in [0.3, 0.4) is 0 Å². The molecule has 1 rings (SSSR count). The molecule has 0 saturated carbocycles. The first-order valence-corrected chi connectivity index (χ1v) is 6.63. The quantitative estimate of drug-likeness (QED) is 0.904. The highest BCUT2D eigenvalue weighted by Crippen LogP contribution is 2.23. The molecule has 4 nitrogen and oxygen atoms in total. The maximum Gasteiger partial charge on any atom is 0.236 e. The summed E-state index contributed by atoms with van der Waals surface area (Å²) < 4.78 is 0.922. The second-order valence-corrected chi connectivity index (χ2v) is 5.28. The van der Waals surface area contributed by atoms with Gasteiger partial charge in [0.15, 0.2) is 0 Å². The molecule has 0 bridgehead atoms. The van der Waals surface area contributed by atoms with E-state index in [9.17, 15) is 9.90 Å². The van der Waals surface area contributed by atoms with Crippen molar-refractivity contribution >= 4 is 21.8 Å². The predicted octanol–water partition coefficient (Wildman–Crippen LogP) is 2.06. The molecule has 0 fully saturated rings. The molecule has 0 unspecified atom stereocenters. The number of halogens is 1. The van der Waals surface area contributed by atoms with E-state index in [1.54, 1.807) is 31.1 Å². The number of benzene rings is 1. The Morgan fingerprint density at radius 3 is 2.61 bits per heavy atom. The first kappa shape index (κ1) is 15.0. The highest BCUT2D eigenvalue weighted by Gasteiger charge is 2.13. The standard InChI is InChI=1S/C13H19BrN2O2/c1-4-16(9-13(18)15(2)3)8-10-7-11(14)5-6-12(10)17/h5-7,17H,4,8-9H2,1-3H3. The lowest BCUT2D eigenvalue weighted by atomic mass is 10.2. The molecule has 100 valence electrons. The number of aromatic hydroxyl groups is 1. The van der Waals surface area contributed by atoms with Crippen molar-refractivity contribution in [2.24, 2.45) is 0 Å². The topological polar surface area (TPSA) is 43.8 Å². The van der Waals surface area contributed by atoms with E-state index in [0.717, 1.165) is 16.6 Å². The van der Waals surface area contributed by atoms with E-state index in [1.807, 2.05) is 17.9 Å². The van der Waals surface area contributed by atoms with Crippen LogP contribution < -0.4 is 0 Å². The SMILES string of the molecule is CCN(CC(=O)N(C)C)Cc1cc(Br)ccc1O. The van der Waals surface area contributed by atoms with Gasteiger partial charge in [-0.2, -0.15) is 0 Å². The minimum Gasteiger partial charge on any atom is -0.508 e. The molecule has 1 amide bonds. The van der Waals surface area contributed by atoms with Crippen molar-refractivity contribution in [3.05, 3.63) is 28.2 Å². The van der Waals surface area contributed by atoms with Crippen LogP contribution in [0.1, 0.15) is 12.5 Å². The highest BCUT2D eigenvalue weighted by molar-refractivity contribution is 9.10. The Morgan fingerprint density at radius 1 is 1.39 bits per heavy atom. The van der Waals surface area contributed by atoms with Crippen molar-refractivity contribution in [2.45, 2.75) is 13.5 Å². The van der Waals surface area contributed by atoms with Crippen LogP contribution >= 0.6 is 15.9 Å². The minimum absolute atomic E-state index is 0.0614. The molecule has 0 radical (unpaired) electrons. The summed E-state index contributed by atoms with van der Waals surface area (Å²) in [7, 11) is 3.49. The van der Waals surface area contributed by atoms with Crippen molar-refractivity contribution in [3.8, 4) is 5.75 Å². The van der Waals surface area contributed by atoms with Crippen LogP contribution in [0.25, 0.3) is 0 Å². The smallest absolute Gasteiger partial charge is 0.236 e. The summed E-state index contributed by atoms with van der Waals surface area (Å²) in [6, 6.07) is 5.32. The molecule has 1 aromatic carbocycles. The Kier molecular flexibility index (Phi) is 5.62. The van der Waals surface area contributed by atoms with Gasteiger partial charge in [-0.3, -0.25) is 9.69 Å². The van der Waals surface area contributed by atoms with Crippen LogP contribution in [0.5, 0.6) is 5.75 Å². The fraction of sp³-hybridized carbons (Fsp3) is 0.462. The van der Waals surface area contributed by atoms with Crippen LogP contribution in [-0.2, 0) is 11.3 Å². The number of hydrogen-bond donors (Lipinski definition) is 1. The number of rotatable bonds is 5. The van der Waals surface area contributed by atoms with Gasteiger partial charge in [0.05, 0.1) is 6.54 Å². The summed E-state index contributed by atoms with van der Waals surface area (Å²) in [6.07, 6.45) is 0. The third-order valence-electron chi connectivity index (χ3n) is 2.74. The summed E-state index contributed by atoms with van der Waals surface area (Å²) in [5.41, 5.74) is 0.817. The lowest BCUT2D eigenvalue weighted by molar-refractivity contribution is -0.130. The summed E-state index contributed by atoms with van der Waals surface area (Å²) in [4.78, 5) is 15.2. The van der Waals surface area contributed by atoms with Crippen molar-refractivity contribution in [3.63, 3.8) is 0 Å². The summed E-state index contributed by atoms with van der Waals surface area (Å²) >= 11 is 3.38. The van der Waals surface area contributed by atoms with Gasteiger partial charge in [0, 0.05) is 30.7 Å². The second-order valence-electron chi connectivity index (χ2n) is 4.36. The van der Waals surface area contributed by atoms with Crippen molar-refractivity contribution in [1.82, 2.24) is 9.80 Å². The Labute approximate surface area is 116 Å². The highest BCUT2D eigenvalue weighted by atomic mass is 79.9. The third-order valence-corrected chi connectivity index (χ3v) is 3.23. The Hall–Kier alpha value is -1.07. The first-order chi connectivity index (χ1) is 8.43. The summed E-state index contributed by atoms with van der Waals surface area (Å²) in [6.45, 7) is 3.67. The second kappa shape index (κ2) is 6.75. The minimum atomic E-state index is 0.0614. The van der Waals surface area contributed by atoms with E-state index in [2.05, 4.69) is 15.9 Å². The van der Waals surface area contributed by atoms with Gasteiger partial charge in [-0.15, -0.1) is 0 Å². The molecule has 0 aliphatic rings. The number of phenols is 1. The van der Waals surface area contributed by atoms with Gasteiger partial charge < -0.3 is 10.0 Å². The van der Waals surface area contributed by atoms with Crippen LogP contribution in [0.2, 0.25) is 0 Å². The van der Waals surface area contributed by atoms with E-state index in [-0.39, 0.29) is 11.7 Å². The first-order valence-electron chi connectivity index (χ1n) is 5.84. The number of carbonyl (C=O) groups is 1. The zero-order valence-electron chi connectivity index (χ0n) is 11.0. The van der Waals surface area contributed by atoms with E-state index < -0.39 is 0 Å². The van der Waals surface area contributed by atoms with Gasteiger partial charge in [-0.05, 0) is 24.7 Å². The summed E-state index contributed by atoms with van der Waals surface area (Å²) in [5, 5.41) is 9.78. The van der Waals surface area contributed by atoms with Crippen molar-refractivity contribution < 1.29 is 9.90 Å². The van der Waals surface area contributed by atoms with Crippen molar-refractivity contribution in [1.29, 1.82) is 0 Å². The molecule has 0 heterocycles. The van der Waals surface area contributed by atoms with Gasteiger partial charge in [-0.1, -0.05) is 22.9 Å². The van der Waals surface area contributed by atoms with Gasteiger partial charge in [0.2, 0.25) is 5.91 Å². The van der Waals surface area contributed by atoms with Crippen molar-refractivity contribution in [2.75, 3.05) is 27.2 Å². The number of phenolic OH excluding ortho intramolecular Hbond substituents is 1. The summed E-state index contributed by atoms with van der Waals surface area (Å²) in [5.74, 6) is 0.320. The number of nitrogens with zero attached hydrogens (tertiary/aromatic N) is 2. The van der Waals surface area contributed by atoms with E-state index in [4.69, 9.17) is 0 Å². The molecule has 0 saturated heterocycles. The molecular weight excluding hydrogens is 296 g/mol. The molecule has 0 aromatic heterocycles. The number of carbonyl (C=O) groups excluding carboxylic acids is 1. The number of hydrogen-bond acceptors (Lipinski definition) is 3. The molecule has 0 atom stereocenters. The maximum atomic E-state index is 11.7. The molecule has 0 spiro atoms. The van der Waals surface area contributed by atoms with E-state index in [1.165, 1.54) is 0 Å². The number of amides is 1. The molecule has 1 aromatic rings. The Morgan fingerprint density at radius 2 is 2.06 bits per heavy atom. The van der Waals surface area contributed by atoms with Gasteiger partial charge in [-0.25, -0.2) is 0 Å². The van der Waals surface area contributed by atoms with Gasteiger partial charge in [0.1, 0.15) is 5.75 Å². The lowest BCUT2D eigenvalue weighted by Gasteiger charge is -2.22. The maximum absolute atomic E-state index is 11.7. The molecule has 18 heavy (non-hydrogen) atoms. The van der Waals surface area contributed by atoms with Gasteiger partial charge >= 0.3 is 0 Å². The number of likely N-dealkylation sites (N-methyl/N-ethyl adjacent to an activating group) is 2. The lowest BCUT2D eigenvalue weighted by Crippen LogP contribution is -2.36. The van der Waals surface area contributed by atoms with Crippen LogP contribution in [0, 0.1) is 0 Å². The van der Waals surface area contributed by atoms with Crippen LogP contribution in [-0.4, -0.2) is 48.0 Å².